The van der Waals surface area contributed by atoms with Crippen molar-refractivity contribution in [3.63, 3.8) is 0 Å². The van der Waals surface area contributed by atoms with Gasteiger partial charge in [-0.15, -0.1) is 0 Å². The molecule has 4 N–H and O–H groups in total. The summed E-state index contributed by atoms with van der Waals surface area (Å²) < 4.78 is 0. The fourth-order valence-electron chi connectivity index (χ4n) is 3.34. The van der Waals surface area contributed by atoms with Crippen molar-refractivity contribution in [2.75, 3.05) is 5.32 Å². The second kappa shape index (κ2) is 8.40. The van der Waals surface area contributed by atoms with E-state index < -0.39 is 11.6 Å². The lowest BCUT2D eigenvalue weighted by Crippen LogP contribution is -2.58. The summed E-state index contributed by atoms with van der Waals surface area (Å²) in [6, 6.07) is 9.99. The van der Waals surface area contributed by atoms with Gasteiger partial charge >= 0.3 is 6.03 Å². The molecule has 0 spiro atoms. The zero-order valence-electron chi connectivity index (χ0n) is 16.5. The van der Waals surface area contributed by atoms with Crippen molar-refractivity contribution in [1.82, 2.24) is 15.2 Å². The summed E-state index contributed by atoms with van der Waals surface area (Å²) in [4.78, 5) is 42.2. The monoisotopic (exact) mass is 395 g/mol. The normalized spacial score (nSPS) is 14.8. The molecule has 1 aliphatic heterocycles. The predicted molar refractivity (Wildman–Crippen MR) is 109 cm³/mol. The van der Waals surface area contributed by atoms with Crippen LogP contribution in [0.1, 0.15) is 41.9 Å². The molecule has 3 rings (SSSR count). The predicted octanol–water partition coefficient (Wildman–Crippen LogP) is 2.26. The Bertz CT molecular complexity index is 888. The third kappa shape index (κ3) is 4.97. The van der Waals surface area contributed by atoms with Crippen molar-refractivity contribution < 1.29 is 14.4 Å². The molecule has 1 aromatic heterocycles. The Kier molecular flexibility index (Phi) is 5.93. The highest BCUT2D eigenvalue weighted by molar-refractivity contribution is 5.97. The number of benzene rings is 1. The molecule has 0 unspecified atom stereocenters. The summed E-state index contributed by atoms with van der Waals surface area (Å²) in [6.45, 7) is 4.81. The van der Waals surface area contributed by atoms with Gasteiger partial charge in [-0.25, -0.2) is 4.79 Å². The van der Waals surface area contributed by atoms with Crippen LogP contribution in [0.15, 0.2) is 42.6 Å². The first kappa shape index (κ1) is 20.5. The summed E-state index contributed by atoms with van der Waals surface area (Å²) >= 11 is 0. The van der Waals surface area contributed by atoms with E-state index in [4.69, 9.17) is 5.73 Å². The molecule has 29 heavy (non-hydrogen) atoms. The number of carbonyl (C=O) groups excluding carboxylic acids is 3. The minimum Gasteiger partial charge on any atom is -0.328 e. The van der Waals surface area contributed by atoms with Gasteiger partial charge in [-0.2, -0.15) is 0 Å². The molecule has 1 aliphatic rings. The number of anilines is 1. The van der Waals surface area contributed by atoms with Crippen LogP contribution >= 0.6 is 0 Å². The lowest BCUT2D eigenvalue weighted by molar-refractivity contribution is -0.113. The van der Waals surface area contributed by atoms with E-state index in [2.05, 4.69) is 15.6 Å². The maximum absolute atomic E-state index is 12.5. The van der Waals surface area contributed by atoms with E-state index in [0.29, 0.717) is 37.0 Å². The number of hydrogen-bond acceptors (Lipinski definition) is 5. The van der Waals surface area contributed by atoms with Gasteiger partial charge in [0.2, 0.25) is 0 Å². The number of urea groups is 1. The van der Waals surface area contributed by atoms with Crippen LogP contribution < -0.4 is 16.4 Å². The maximum Gasteiger partial charge on any atom is 0.322 e. The average molecular weight is 395 g/mol. The van der Waals surface area contributed by atoms with Gasteiger partial charge in [0.25, 0.3) is 5.91 Å². The Hall–Kier alpha value is -3.26. The van der Waals surface area contributed by atoms with Crippen molar-refractivity contribution in [3.05, 3.63) is 59.4 Å². The Morgan fingerprint density at radius 3 is 2.59 bits per heavy atom. The zero-order chi connectivity index (χ0) is 21.0. The fraction of sp³-hybridized carbons (Fsp3) is 0.333. The molecule has 0 aliphatic carbocycles. The number of hydrogen-bond donors (Lipinski definition) is 3. The lowest BCUT2D eigenvalue weighted by atomic mass is 9.99. The van der Waals surface area contributed by atoms with Gasteiger partial charge < -0.3 is 21.3 Å². The molecule has 3 amide bonds. The summed E-state index contributed by atoms with van der Waals surface area (Å²) in [7, 11) is 0. The van der Waals surface area contributed by atoms with E-state index in [-0.39, 0.29) is 11.9 Å². The molecule has 2 heterocycles. The highest BCUT2D eigenvalue weighted by Gasteiger charge is 2.28. The Labute approximate surface area is 169 Å². The summed E-state index contributed by atoms with van der Waals surface area (Å²) in [5, 5.41) is 5.39. The zero-order valence-corrected chi connectivity index (χ0v) is 16.5. The molecule has 2 aromatic rings. The number of nitrogens with zero attached hydrogens (tertiary/aromatic N) is 2. The molecular weight excluding hydrogens is 370 g/mol. The lowest BCUT2D eigenvalue weighted by Gasteiger charge is -2.26. The summed E-state index contributed by atoms with van der Waals surface area (Å²) in [6.07, 6.45) is 2.61. The van der Waals surface area contributed by atoms with Crippen LogP contribution in [-0.4, -0.2) is 33.8 Å². The maximum atomic E-state index is 12.5. The van der Waals surface area contributed by atoms with Crippen molar-refractivity contribution in [2.45, 2.75) is 39.0 Å². The number of carbonyl (C=O) groups is 3. The van der Waals surface area contributed by atoms with E-state index in [9.17, 15) is 14.4 Å². The molecule has 0 radical (unpaired) electrons. The first-order valence-electron chi connectivity index (χ1n) is 9.46. The molecule has 0 bridgehead atoms. The quantitative estimate of drug-likeness (QED) is 0.512. The number of nitrogens with two attached hydrogens (primary N) is 1. The number of aldehydes is 1. The van der Waals surface area contributed by atoms with Crippen LogP contribution in [0.5, 0.6) is 0 Å². The van der Waals surface area contributed by atoms with Gasteiger partial charge in [0, 0.05) is 24.0 Å². The topological polar surface area (TPSA) is 117 Å². The minimum atomic E-state index is -1.41. The number of pyridine rings is 1. The van der Waals surface area contributed by atoms with Gasteiger partial charge in [0.15, 0.2) is 6.29 Å². The highest BCUT2D eigenvalue weighted by atomic mass is 16.2. The van der Waals surface area contributed by atoms with Gasteiger partial charge in [0.1, 0.15) is 5.66 Å². The molecule has 1 aromatic carbocycles. The van der Waals surface area contributed by atoms with Crippen LogP contribution in [0.4, 0.5) is 10.5 Å². The van der Waals surface area contributed by atoms with Gasteiger partial charge in [-0.05, 0) is 48.2 Å². The largest absolute Gasteiger partial charge is 0.328 e. The van der Waals surface area contributed by atoms with E-state index in [1.807, 2.05) is 26.0 Å². The molecular formula is C21H25N5O3. The van der Waals surface area contributed by atoms with Gasteiger partial charge in [0.05, 0.1) is 12.2 Å². The highest BCUT2D eigenvalue weighted by Crippen LogP contribution is 2.21. The SMILES string of the molecule is CC(C)C[C@](N)(C=O)NC(=O)c1ccc(NC(=O)N2Cc3cccnc3C2)cc1. The Morgan fingerprint density at radius 1 is 1.24 bits per heavy atom. The first-order chi connectivity index (χ1) is 13.8. The van der Waals surface area contributed by atoms with Crippen LogP contribution in [-0.2, 0) is 17.9 Å². The standard InChI is InChI=1S/C21H25N5O3/c1-14(2)10-21(22,13-27)25-19(28)15-5-7-17(8-6-15)24-20(29)26-11-16-4-3-9-23-18(16)12-26/h3-9,13-14H,10-12,22H2,1-2H3,(H,24,29)(H,25,28)/t21-/m1/s1. The van der Waals surface area contributed by atoms with Gasteiger partial charge in [-0.1, -0.05) is 19.9 Å². The second-order valence-electron chi connectivity index (χ2n) is 7.68. The fourth-order valence-corrected chi connectivity index (χ4v) is 3.34. The molecule has 152 valence electrons. The van der Waals surface area contributed by atoms with E-state index in [0.717, 1.165) is 11.3 Å². The van der Waals surface area contributed by atoms with Crippen LogP contribution in [0.2, 0.25) is 0 Å². The number of amides is 3. The third-order valence-corrected chi connectivity index (χ3v) is 4.67. The second-order valence-corrected chi connectivity index (χ2v) is 7.68. The third-order valence-electron chi connectivity index (χ3n) is 4.67. The van der Waals surface area contributed by atoms with Crippen molar-refractivity contribution in [3.8, 4) is 0 Å². The first-order valence-corrected chi connectivity index (χ1v) is 9.46. The molecule has 8 nitrogen and oxygen atoms in total. The minimum absolute atomic E-state index is 0.148. The van der Waals surface area contributed by atoms with Crippen LogP contribution in [0, 0.1) is 5.92 Å². The van der Waals surface area contributed by atoms with E-state index >= 15 is 0 Å². The average Bonchev–Trinajstić information content (AvgIpc) is 3.12. The smallest absolute Gasteiger partial charge is 0.322 e. The summed E-state index contributed by atoms with van der Waals surface area (Å²) in [5.41, 5.74) is 7.41. The molecule has 0 saturated heterocycles. The number of aromatic nitrogens is 1. The molecule has 8 heteroatoms. The number of fused-ring (bicyclic) bond motifs is 1. The number of rotatable bonds is 6. The molecule has 0 fully saturated rings. The summed E-state index contributed by atoms with van der Waals surface area (Å²) in [5.74, 6) is -0.297. The Balaban J connectivity index is 1.59. The molecule has 0 saturated carbocycles. The van der Waals surface area contributed by atoms with Crippen molar-refractivity contribution >= 4 is 23.9 Å². The van der Waals surface area contributed by atoms with Crippen LogP contribution in [0.3, 0.4) is 0 Å². The molecule has 1 atom stereocenters. The van der Waals surface area contributed by atoms with E-state index in [1.165, 1.54) is 0 Å². The van der Waals surface area contributed by atoms with Gasteiger partial charge in [-0.3, -0.25) is 14.6 Å². The van der Waals surface area contributed by atoms with E-state index in [1.54, 1.807) is 35.4 Å². The van der Waals surface area contributed by atoms with Crippen molar-refractivity contribution in [2.24, 2.45) is 11.7 Å². The number of nitrogens with one attached hydrogen (secondary N) is 2. The van der Waals surface area contributed by atoms with Crippen molar-refractivity contribution in [1.29, 1.82) is 0 Å². The Morgan fingerprint density at radius 2 is 1.97 bits per heavy atom. The van der Waals surface area contributed by atoms with Crippen LogP contribution in [0.25, 0.3) is 0 Å².